The van der Waals surface area contributed by atoms with E-state index in [4.69, 9.17) is 0 Å². The van der Waals surface area contributed by atoms with Gasteiger partial charge in [-0.05, 0) is 44.7 Å². The lowest BCUT2D eigenvalue weighted by Gasteiger charge is -2.24. The SMILES string of the molecule is Cc1ccc(C(C)NC(=O)NC2CCCCC2)c(C)c1. The Morgan fingerprint density at radius 1 is 1.20 bits per heavy atom. The van der Waals surface area contributed by atoms with Crippen LogP contribution in [0.3, 0.4) is 0 Å². The van der Waals surface area contributed by atoms with Crippen LogP contribution in [-0.4, -0.2) is 12.1 Å². The molecule has 3 nitrogen and oxygen atoms in total. The topological polar surface area (TPSA) is 41.1 Å². The minimum absolute atomic E-state index is 0.0376. The average Bonchev–Trinajstić information content (AvgIpc) is 2.39. The smallest absolute Gasteiger partial charge is 0.315 e. The predicted octanol–water partition coefficient (Wildman–Crippen LogP) is 4.00. The second kappa shape index (κ2) is 6.78. The van der Waals surface area contributed by atoms with Gasteiger partial charge in [-0.1, -0.05) is 43.0 Å². The molecule has 2 rings (SSSR count). The Labute approximate surface area is 122 Å². The lowest BCUT2D eigenvalue weighted by atomic mass is 9.96. The van der Waals surface area contributed by atoms with E-state index in [1.165, 1.54) is 36.0 Å². The number of urea groups is 1. The first-order valence-corrected chi connectivity index (χ1v) is 7.70. The lowest BCUT2D eigenvalue weighted by molar-refractivity contribution is 0.229. The maximum Gasteiger partial charge on any atom is 0.315 e. The summed E-state index contributed by atoms with van der Waals surface area (Å²) in [5.74, 6) is 0. The molecule has 0 saturated heterocycles. The monoisotopic (exact) mass is 274 g/mol. The number of benzene rings is 1. The highest BCUT2D eigenvalue weighted by Crippen LogP contribution is 2.19. The zero-order valence-electron chi connectivity index (χ0n) is 12.8. The van der Waals surface area contributed by atoms with Crippen molar-refractivity contribution in [2.45, 2.75) is 65.0 Å². The van der Waals surface area contributed by atoms with Gasteiger partial charge in [-0.3, -0.25) is 0 Å². The molecule has 1 aliphatic carbocycles. The minimum Gasteiger partial charge on any atom is -0.335 e. The van der Waals surface area contributed by atoms with Crippen molar-refractivity contribution in [2.24, 2.45) is 0 Å². The van der Waals surface area contributed by atoms with Crippen molar-refractivity contribution in [2.75, 3.05) is 0 Å². The summed E-state index contributed by atoms with van der Waals surface area (Å²) in [6.45, 7) is 6.22. The molecule has 0 aromatic heterocycles. The summed E-state index contributed by atoms with van der Waals surface area (Å²) in [6.07, 6.45) is 6.00. The van der Waals surface area contributed by atoms with Crippen molar-refractivity contribution in [3.05, 3.63) is 34.9 Å². The number of hydrogen-bond acceptors (Lipinski definition) is 1. The first-order valence-electron chi connectivity index (χ1n) is 7.70. The Kier molecular flexibility index (Phi) is 5.05. The summed E-state index contributed by atoms with van der Waals surface area (Å²) in [6, 6.07) is 6.72. The Morgan fingerprint density at radius 3 is 2.55 bits per heavy atom. The van der Waals surface area contributed by atoms with Crippen LogP contribution in [0.5, 0.6) is 0 Å². The Balaban J connectivity index is 1.89. The summed E-state index contributed by atoms with van der Waals surface area (Å²) < 4.78 is 0. The number of carbonyl (C=O) groups excluding carboxylic acids is 1. The molecular formula is C17H26N2O. The molecule has 1 saturated carbocycles. The Bertz CT molecular complexity index is 464. The molecule has 1 aromatic carbocycles. The van der Waals surface area contributed by atoms with Gasteiger partial charge in [0.15, 0.2) is 0 Å². The molecule has 1 atom stereocenters. The van der Waals surface area contributed by atoms with Gasteiger partial charge in [-0.25, -0.2) is 4.79 Å². The molecule has 2 amide bonds. The van der Waals surface area contributed by atoms with Crippen LogP contribution in [0, 0.1) is 13.8 Å². The summed E-state index contributed by atoms with van der Waals surface area (Å²) in [7, 11) is 0. The van der Waals surface area contributed by atoms with Crippen molar-refractivity contribution in [1.82, 2.24) is 10.6 Å². The number of amides is 2. The van der Waals surface area contributed by atoms with Crippen LogP contribution in [-0.2, 0) is 0 Å². The number of hydrogen-bond donors (Lipinski definition) is 2. The third-order valence-corrected chi connectivity index (χ3v) is 4.18. The maximum atomic E-state index is 12.1. The second-order valence-electron chi connectivity index (χ2n) is 6.03. The van der Waals surface area contributed by atoms with E-state index in [-0.39, 0.29) is 12.1 Å². The maximum absolute atomic E-state index is 12.1. The molecule has 3 heteroatoms. The van der Waals surface area contributed by atoms with Crippen molar-refractivity contribution < 1.29 is 4.79 Å². The largest absolute Gasteiger partial charge is 0.335 e. The molecule has 110 valence electrons. The lowest BCUT2D eigenvalue weighted by Crippen LogP contribution is -2.43. The highest BCUT2D eigenvalue weighted by molar-refractivity contribution is 5.74. The highest BCUT2D eigenvalue weighted by atomic mass is 16.2. The fourth-order valence-electron chi connectivity index (χ4n) is 3.06. The van der Waals surface area contributed by atoms with Crippen LogP contribution in [0.2, 0.25) is 0 Å². The molecule has 1 aromatic rings. The average molecular weight is 274 g/mol. The molecule has 0 spiro atoms. The summed E-state index contributed by atoms with van der Waals surface area (Å²) in [5.41, 5.74) is 3.68. The zero-order chi connectivity index (χ0) is 14.5. The molecule has 2 N–H and O–H groups in total. The molecule has 20 heavy (non-hydrogen) atoms. The van der Waals surface area contributed by atoms with Gasteiger partial charge < -0.3 is 10.6 Å². The van der Waals surface area contributed by atoms with E-state index in [0.717, 1.165) is 12.8 Å². The summed E-state index contributed by atoms with van der Waals surface area (Å²) >= 11 is 0. The molecule has 0 aliphatic heterocycles. The molecule has 0 heterocycles. The van der Waals surface area contributed by atoms with E-state index in [0.29, 0.717) is 6.04 Å². The van der Waals surface area contributed by atoms with E-state index < -0.39 is 0 Å². The molecule has 0 radical (unpaired) electrons. The first kappa shape index (κ1) is 14.9. The van der Waals surface area contributed by atoms with Crippen LogP contribution >= 0.6 is 0 Å². The third kappa shape index (κ3) is 3.99. The van der Waals surface area contributed by atoms with Gasteiger partial charge in [0.1, 0.15) is 0 Å². The van der Waals surface area contributed by atoms with Gasteiger partial charge in [0.05, 0.1) is 6.04 Å². The fourth-order valence-corrected chi connectivity index (χ4v) is 3.06. The quantitative estimate of drug-likeness (QED) is 0.859. The molecule has 1 fully saturated rings. The van der Waals surface area contributed by atoms with Gasteiger partial charge >= 0.3 is 6.03 Å². The number of carbonyl (C=O) groups is 1. The number of nitrogens with one attached hydrogen (secondary N) is 2. The van der Waals surface area contributed by atoms with E-state index in [1.807, 2.05) is 6.92 Å². The van der Waals surface area contributed by atoms with Crippen molar-refractivity contribution in [1.29, 1.82) is 0 Å². The third-order valence-electron chi connectivity index (χ3n) is 4.18. The summed E-state index contributed by atoms with van der Waals surface area (Å²) in [4.78, 5) is 12.1. The molecule has 0 bridgehead atoms. The second-order valence-corrected chi connectivity index (χ2v) is 6.03. The van der Waals surface area contributed by atoms with Gasteiger partial charge in [-0.2, -0.15) is 0 Å². The Hall–Kier alpha value is -1.51. The van der Waals surface area contributed by atoms with Crippen LogP contribution in [0.15, 0.2) is 18.2 Å². The first-order chi connectivity index (χ1) is 9.56. The standard InChI is InChI=1S/C17H26N2O/c1-12-9-10-16(13(2)11-12)14(3)18-17(20)19-15-7-5-4-6-8-15/h9-11,14-15H,4-8H2,1-3H3,(H2,18,19,20). The van der Waals surface area contributed by atoms with Crippen molar-refractivity contribution in [3.63, 3.8) is 0 Å². The number of rotatable bonds is 3. The van der Waals surface area contributed by atoms with Crippen LogP contribution in [0.1, 0.15) is 61.8 Å². The van der Waals surface area contributed by atoms with Crippen LogP contribution in [0.25, 0.3) is 0 Å². The van der Waals surface area contributed by atoms with Crippen LogP contribution in [0.4, 0.5) is 4.79 Å². The van der Waals surface area contributed by atoms with Gasteiger partial charge in [0.2, 0.25) is 0 Å². The summed E-state index contributed by atoms with van der Waals surface area (Å²) in [5, 5.41) is 6.15. The highest BCUT2D eigenvalue weighted by Gasteiger charge is 2.17. The zero-order valence-corrected chi connectivity index (χ0v) is 12.8. The fraction of sp³-hybridized carbons (Fsp3) is 0.588. The van der Waals surface area contributed by atoms with E-state index in [9.17, 15) is 4.79 Å². The van der Waals surface area contributed by atoms with Crippen LogP contribution < -0.4 is 10.6 Å². The normalized spacial score (nSPS) is 17.6. The van der Waals surface area contributed by atoms with E-state index in [1.54, 1.807) is 0 Å². The van der Waals surface area contributed by atoms with Gasteiger partial charge in [0.25, 0.3) is 0 Å². The van der Waals surface area contributed by atoms with E-state index >= 15 is 0 Å². The van der Waals surface area contributed by atoms with Crippen molar-refractivity contribution in [3.8, 4) is 0 Å². The van der Waals surface area contributed by atoms with Gasteiger partial charge in [-0.15, -0.1) is 0 Å². The Morgan fingerprint density at radius 2 is 1.90 bits per heavy atom. The minimum atomic E-state index is -0.0376. The number of aryl methyl sites for hydroxylation is 2. The molecular weight excluding hydrogens is 248 g/mol. The molecule has 1 unspecified atom stereocenters. The molecule has 1 aliphatic rings. The van der Waals surface area contributed by atoms with E-state index in [2.05, 4.69) is 42.7 Å². The van der Waals surface area contributed by atoms with Gasteiger partial charge in [0, 0.05) is 6.04 Å². The predicted molar refractivity (Wildman–Crippen MR) is 82.9 cm³/mol. The van der Waals surface area contributed by atoms with Crippen molar-refractivity contribution >= 4 is 6.03 Å².